The highest BCUT2D eigenvalue weighted by molar-refractivity contribution is 5.92. The van der Waals surface area contributed by atoms with Crippen molar-refractivity contribution in [1.82, 2.24) is 25.3 Å². The zero-order valence-corrected chi connectivity index (χ0v) is 14.2. The molecular formula is C19H21N5O. The maximum atomic E-state index is 12.3. The second-order valence-corrected chi connectivity index (χ2v) is 6.00. The zero-order chi connectivity index (χ0) is 17.5. The van der Waals surface area contributed by atoms with Gasteiger partial charge >= 0.3 is 0 Å². The second kappa shape index (κ2) is 8.19. The number of aryl methyl sites for hydroxylation is 2. The van der Waals surface area contributed by atoms with Crippen LogP contribution in [-0.2, 0) is 19.4 Å². The van der Waals surface area contributed by atoms with Crippen LogP contribution in [0.15, 0.2) is 60.9 Å². The summed E-state index contributed by atoms with van der Waals surface area (Å²) in [4.78, 5) is 16.6. The molecule has 2 aromatic heterocycles. The molecule has 1 aromatic carbocycles. The number of hydrogen-bond acceptors (Lipinski definition) is 4. The van der Waals surface area contributed by atoms with Gasteiger partial charge in [0.25, 0.3) is 5.91 Å². The summed E-state index contributed by atoms with van der Waals surface area (Å²) in [6, 6.07) is 15.9. The van der Waals surface area contributed by atoms with E-state index in [0.717, 1.165) is 12.1 Å². The Hall–Kier alpha value is -3.02. The molecule has 0 unspecified atom stereocenters. The van der Waals surface area contributed by atoms with E-state index in [-0.39, 0.29) is 11.9 Å². The zero-order valence-electron chi connectivity index (χ0n) is 14.2. The fourth-order valence-electron chi connectivity index (χ4n) is 2.58. The summed E-state index contributed by atoms with van der Waals surface area (Å²) in [6.07, 6.45) is 4.96. The van der Waals surface area contributed by atoms with Crippen molar-refractivity contribution in [3.8, 4) is 0 Å². The Bertz CT molecular complexity index is 801. The average molecular weight is 335 g/mol. The highest BCUT2D eigenvalue weighted by atomic mass is 16.2. The third-order valence-corrected chi connectivity index (χ3v) is 3.86. The molecule has 0 saturated heterocycles. The number of nitrogens with one attached hydrogen (secondary N) is 1. The first-order valence-electron chi connectivity index (χ1n) is 8.35. The Morgan fingerprint density at radius 2 is 1.96 bits per heavy atom. The van der Waals surface area contributed by atoms with Crippen molar-refractivity contribution in [3.63, 3.8) is 0 Å². The van der Waals surface area contributed by atoms with Gasteiger partial charge in [-0.15, -0.1) is 5.10 Å². The number of nitrogens with zero attached hydrogens (tertiary/aromatic N) is 4. The smallest absolute Gasteiger partial charge is 0.273 e. The minimum atomic E-state index is -0.214. The number of pyridine rings is 1. The Kier molecular flexibility index (Phi) is 5.51. The van der Waals surface area contributed by atoms with Gasteiger partial charge in [-0.05, 0) is 31.0 Å². The van der Waals surface area contributed by atoms with Crippen LogP contribution in [0.25, 0.3) is 0 Å². The molecule has 0 aliphatic heterocycles. The monoisotopic (exact) mass is 335 g/mol. The highest BCUT2D eigenvalue weighted by Gasteiger charge is 2.14. The molecule has 6 nitrogen and oxygen atoms in total. The van der Waals surface area contributed by atoms with Gasteiger partial charge in [-0.3, -0.25) is 14.5 Å². The van der Waals surface area contributed by atoms with Crippen LogP contribution in [0, 0.1) is 0 Å². The first-order chi connectivity index (χ1) is 12.2. The van der Waals surface area contributed by atoms with Gasteiger partial charge in [-0.1, -0.05) is 41.6 Å². The van der Waals surface area contributed by atoms with Crippen LogP contribution in [0.4, 0.5) is 0 Å². The normalized spacial score (nSPS) is 11.9. The summed E-state index contributed by atoms with van der Waals surface area (Å²) < 4.78 is 1.70. The van der Waals surface area contributed by atoms with E-state index in [0.29, 0.717) is 18.7 Å². The van der Waals surface area contributed by atoms with E-state index in [2.05, 4.69) is 32.7 Å². The number of rotatable bonds is 7. The van der Waals surface area contributed by atoms with Gasteiger partial charge in [-0.2, -0.15) is 0 Å². The third kappa shape index (κ3) is 4.97. The van der Waals surface area contributed by atoms with Crippen molar-refractivity contribution in [2.24, 2.45) is 0 Å². The van der Waals surface area contributed by atoms with Gasteiger partial charge in [0.05, 0.1) is 6.20 Å². The van der Waals surface area contributed by atoms with E-state index in [4.69, 9.17) is 0 Å². The van der Waals surface area contributed by atoms with E-state index < -0.39 is 0 Å². The van der Waals surface area contributed by atoms with E-state index in [1.807, 2.05) is 43.3 Å². The lowest BCUT2D eigenvalue weighted by Crippen LogP contribution is -2.34. The maximum absolute atomic E-state index is 12.3. The Morgan fingerprint density at radius 3 is 2.72 bits per heavy atom. The summed E-state index contributed by atoms with van der Waals surface area (Å²) in [7, 11) is 0. The van der Waals surface area contributed by atoms with Crippen molar-refractivity contribution in [2.75, 3.05) is 0 Å². The molecular weight excluding hydrogens is 314 g/mol. The number of benzene rings is 1. The van der Waals surface area contributed by atoms with Gasteiger partial charge in [0, 0.05) is 30.9 Å². The molecule has 0 fully saturated rings. The highest BCUT2D eigenvalue weighted by Crippen LogP contribution is 2.03. The van der Waals surface area contributed by atoms with Crippen LogP contribution in [0.3, 0.4) is 0 Å². The maximum Gasteiger partial charge on any atom is 0.273 e. The van der Waals surface area contributed by atoms with Crippen LogP contribution in [-0.4, -0.2) is 31.9 Å². The predicted molar refractivity (Wildman–Crippen MR) is 95.0 cm³/mol. The molecule has 2 heterocycles. The van der Waals surface area contributed by atoms with Crippen LogP contribution < -0.4 is 5.32 Å². The lowest BCUT2D eigenvalue weighted by atomic mass is 10.1. The van der Waals surface area contributed by atoms with E-state index in [1.165, 1.54) is 5.56 Å². The summed E-state index contributed by atoms with van der Waals surface area (Å²) in [6.45, 7) is 2.64. The molecule has 0 aliphatic rings. The van der Waals surface area contributed by atoms with Crippen molar-refractivity contribution >= 4 is 5.91 Å². The SMILES string of the molecule is C[C@H](Cc1ccccn1)NC(=O)c1cn(CCc2ccccc2)nn1. The summed E-state index contributed by atoms with van der Waals surface area (Å²) in [5.41, 5.74) is 2.51. The number of amides is 1. The van der Waals surface area contributed by atoms with Gasteiger partial charge in [0.2, 0.25) is 0 Å². The van der Waals surface area contributed by atoms with Gasteiger partial charge in [0.15, 0.2) is 5.69 Å². The molecule has 25 heavy (non-hydrogen) atoms. The quantitative estimate of drug-likeness (QED) is 0.719. The lowest BCUT2D eigenvalue weighted by molar-refractivity contribution is 0.0935. The molecule has 0 saturated carbocycles. The third-order valence-electron chi connectivity index (χ3n) is 3.86. The summed E-state index contributed by atoms with van der Waals surface area (Å²) in [5, 5.41) is 10.9. The van der Waals surface area contributed by atoms with E-state index in [9.17, 15) is 4.79 Å². The van der Waals surface area contributed by atoms with Crippen LogP contribution in [0.2, 0.25) is 0 Å². The molecule has 128 valence electrons. The number of carbonyl (C=O) groups excluding carboxylic acids is 1. The topological polar surface area (TPSA) is 72.7 Å². The molecule has 3 aromatic rings. The van der Waals surface area contributed by atoms with Crippen molar-refractivity contribution < 1.29 is 4.79 Å². The van der Waals surface area contributed by atoms with Crippen LogP contribution in [0.1, 0.15) is 28.7 Å². The van der Waals surface area contributed by atoms with Crippen molar-refractivity contribution in [3.05, 3.63) is 77.9 Å². The second-order valence-electron chi connectivity index (χ2n) is 6.00. The van der Waals surface area contributed by atoms with Gasteiger partial charge in [0.1, 0.15) is 0 Å². The van der Waals surface area contributed by atoms with Crippen molar-refractivity contribution in [2.45, 2.75) is 32.4 Å². The van der Waals surface area contributed by atoms with Crippen LogP contribution >= 0.6 is 0 Å². The summed E-state index contributed by atoms with van der Waals surface area (Å²) >= 11 is 0. The fraction of sp³-hybridized carbons (Fsp3) is 0.263. The molecule has 6 heteroatoms. The minimum absolute atomic E-state index is 0.0307. The van der Waals surface area contributed by atoms with E-state index >= 15 is 0 Å². The average Bonchev–Trinajstić information content (AvgIpc) is 3.11. The molecule has 0 aliphatic carbocycles. The van der Waals surface area contributed by atoms with Crippen molar-refractivity contribution in [1.29, 1.82) is 0 Å². The molecule has 0 spiro atoms. The predicted octanol–water partition coefficient (Wildman–Crippen LogP) is 2.28. The standard InChI is InChI=1S/C19H21N5O/c1-15(13-17-9-5-6-11-20-17)21-19(25)18-14-24(23-22-18)12-10-16-7-3-2-4-8-16/h2-9,11,14-15H,10,12-13H2,1H3,(H,21,25)/t15-/m1/s1. The van der Waals surface area contributed by atoms with Crippen LogP contribution in [0.5, 0.6) is 0 Å². The fourth-order valence-corrected chi connectivity index (χ4v) is 2.58. The van der Waals surface area contributed by atoms with Gasteiger partial charge in [-0.25, -0.2) is 0 Å². The first-order valence-corrected chi connectivity index (χ1v) is 8.35. The molecule has 1 atom stereocenters. The molecule has 0 radical (unpaired) electrons. The number of carbonyl (C=O) groups is 1. The lowest BCUT2D eigenvalue weighted by Gasteiger charge is -2.12. The Balaban J connectivity index is 1.51. The largest absolute Gasteiger partial charge is 0.348 e. The molecule has 3 rings (SSSR count). The summed E-state index contributed by atoms with van der Waals surface area (Å²) in [5.74, 6) is -0.214. The Labute approximate surface area is 146 Å². The molecule has 0 bridgehead atoms. The first kappa shape index (κ1) is 16.8. The molecule has 1 amide bonds. The Morgan fingerprint density at radius 1 is 1.16 bits per heavy atom. The number of hydrogen-bond donors (Lipinski definition) is 1. The minimum Gasteiger partial charge on any atom is -0.348 e. The molecule has 1 N–H and O–H groups in total. The number of aromatic nitrogens is 4. The van der Waals surface area contributed by atoms with E-state index in [1.54, 1.807) is 17.1 Å². The van der Waals surface area contributed by atoms with Gasteiger partial charge < -0.3 is 5.32 Å².